The molecule has 4 heteroatoms. The Balaban J connectivity index is 2.55. The third kappa shape index (κ3) is 1.91. The van der Waals surface area contributed by atoms with Gasteiger partial charge in [-0.3, -0.25) is 4.98 Å². The summed E-state index contributed by atoms with van der Waals surface area (Å²) in [6.07, 6.45) is 3.12. The van der Waals surface area contributed by atoms with Gasteiger partial charge in [0.25, 0.3) is 0 Å². The van der Waals surface area contributed by atoms with Gasteiger partial charge in [0, 0.05) is 29.2 Å². The molecule has 0 fully saturated rings. The van der Waals surface area contributed by atoms with Crippen LogP contribution >= 0.6 is 0 Å². The largest absolute Gasteiger partial charge is 0.476 e. The Labute approximate surface area is 92.6 Å². The van der Waals surface area contributed by atoms with Gasteiger partial charge in [0.2, 0.25) is 0 Å². The lowest BCUT2D eigenvalue weighted by molar-refractivity contribution is 0.0691. The maximum Gasteiger partial charge on any atom is 0.355 e. The molecule has 2 aromatic heterocycles. The predicted molar refractivity (Wildman–Crippen MR) is 59.2 cm³/mol. The molecule has 0 aromatic carbocycles. The van der Waals surface area contributed by atoms with Gasteiger partial charge < -0.3 is 5.11 Å². The van der Waals surface area contributed by atoms with E-state index in [1.807, 2.05) is 19.1 Å². The van der Waals surface area contributed by atoms with Crippen molar-refractivity contribution in [2.45, 2.75) is 6.92 Å². The highest BCUT2D eigenvalue weighted by Crippen LogP contribution is 2.21. The van der Waals surface area contributed by atoms with E-state index in [4.69, 9.17) is 5.11 Å². The van der Waals surface area contributed by atoms with Crippen molar-refractivity contribution in [1.82, 2.24) is 9.97 Å². The molecule has 0 saturated carbocycles. The highest BCUT2D eigenvalue weighted by Gasteiger charge is 2.12. The number of nitrogens with zero attached hydrogens (tertiary/aromatic N) is 2. The summed E-state index contributed by atoms with van der Waals surface area (Å²) in [5.74, 6) is -1.03. The molecule has 80 valence electrons. The van der Waals surface area contributed by atoms with Crippen molar-refractivity contribution in [3.05, 3.63) is 48.0 Å². The van der Waals surface area contributed by atoms with Crippen LogP contribution in [0.4, 0.5) is 0 Å². The summed E-state index contributed by atoms with van der Waals surface area (Å²) < 4.78 is 0. The van der Waals surface area contributed by atoms with Crippen molar-refractivity contribution in [2.75, 3.05) is 0 Å². The predicted octanol–water partition coefficient (Wildman–Crippen LogP) is 2.15. The molecule has 0 atom stereocenters. The van der Waals surface area contributed by atoms with E-state index in [0.717, 1.165) is 11.3 Å². The van der Waals surface area contributed by atoms with Crippen molar-refractivity contribution < 1.29 is 9.90 Å². The van der Waals surface area contributed by atoms with E-state index in [1.54, 1.807) is 18.3 Å². The van der Waals surface area contributed by atoms with Crippen LogP contribution in [0.2, 0.25) is 0 Å². The Morgan fingerprint density at radius 2 is 2.06 bits per heavy atom. The Kier molecular flexibility index (Phi) is 2.64. The van der Waals surface area contributed by atoms with Crippen LogP contribution in [-0.2, 0) is 0 Å². The minimum atomic E-state index is -1.03. The van der Waals surface area contributed by atoms with Crippen molar-refractivity contribution >= 4 is 5.97 Å². The Hall–Kier alpha value is -2.23. The maximum absolute atomic E-state index is 11.0. The molecule has 2 rings (SSSR count). The molecule has 2 heterocycles. The molecule has 2 aromatic rings. The van der Waals surface area contributed by atoms with Gasteiger partial charge >= 0.3 is 5.97 Å². The standard InChI is InChI=1S/C12H10N2O2/c1-8-4-5-9(7-14-8)10-3-2-6-13-11(10)12(15)16/h2-7H,1H3,(H,15,16). The third-order valence-corrected chi connectivity index (χ3v) is 2.23. The molecule has 0 bridgehead atoms. The minimum Gasteiger partial charge on any atom is -0.476 e. The van der Waals surface area contributed by atoms with E-state index in [-0.39, 0.29) is 5.69 Å². The number of carboxylic acid groups (broad SMARTS) is 1. The molecule has 0 aliphatic rings. The zero-order chi connectivity index (χ0) is 11.5. The second-order valence-electron chi connectivity index (χ2n) is 3.39. The van der Waals surface area contributed by atoms with Crippen LogP contribution in [0.5, 0.6) is 0 Å². The first-order valence-corrected chi connectivity index (χ1v) is 4.80. The topological polar surface area (TPSA) is 63.1 Å². The first-order chi connectivity index (χ1) is 7.68. The lowest BCUT2D eigenvalue weighted by Gasteiger charge is -2.04. The van der Waals surface area contributed by atoms with Crippen LogP contribution in [0.25, 0.3) is 11.1 Å². The molecule has 4 nitrogen and oxygen atoms in total. The monoisotopic (exact) mass is 214 g/mol. The van der Waals surface area contributed by atoms with Crippen LogP contribution in [-0.4, -0.2) is 21.0 Å². The Morgan fingerprint density at radius 3 is 2.69 bits per heavy atom. The van der Waals surface area contributed by atoms with E-state index in [2.05, 4.69) is 9.97 Å². The molecule has 1 N–H and O–H groups in total. The second-order valence-corrected chi connectivity index (χ2v) is 3.39. The average Bonchev–Trinajstić information content (AvgIpc) is 2.30. The number of aromatic carboxylic acids is 1. The SMILES string of the molecule is Cc1ccc(-c2cccnc2C(=O)O)cn1. The molecule has 16 heavy (non-hydrogen) atoms. The first kappa shape index (κ1) is 10.3. The van der Waals surface area contributed by atoms with Crippen molar-refractivity contribution in [3.63, 3.8) is 0 Å². The quantitative estimate of drug-likeness (QED) is 0.831. The zero-order valence-corrected chi connectivity index (χ0v) is 8.71. The van der Waals surface area contributed by atoms with Crippen LogP contribution in [0.3, 0.4) is 0 Å². The van der Waals surface area contributed by atoms with Gasteiger partial charge in [0.1, 0.15) is 0 Å². The van der Waals surface area contributed by atoms with Crippen molar-refractivity contribution in [2.24, 2.45) is 0 Å². The number of carbonyl (C=O) groups is 1. The Bertz CT molecular complexity index is 521. The van der Waals surface area contributed by atoms with E-state index in [9.17, 15) is 4.79 Å². The van der Waals surface area contributed by atoms with Crippen molar-refractivity contribution in [1.29, 1.82) is 0 Å². The number of aromatic nitrogens is 2. The van der Waals surface area contributed by atoms with Crippen LogP contribution < -0.4 is 0 Å². The lowest BCUT2D eigenvalue weighted by Crippen LogP contribution is -2.02. The highest BCUT2D eigenvalue weighted by atomic mass is 16.4. The van der Waals surface area contributed by atoms with Gasteiger partial charge in [-0.25, -0.2) is 9.78 Å². The second kappa shape index (κ2) is 4.10. The molecule has 0 unspecified atom stereocenters. The summed E-state index contributed by atoms with van der Waals surface area (Å²) in [6, 6.07) is 7.12. The summed E-state index contributed by atoms with van der Waals surface area (Å²) in [6.45, 7) is 1.88. The van der Waals surface area contributed by atoms with Crippen LogP contribution in [0.15, 0.2) is 36.7 Å². The zero-order valence-electron chi connectivity index (χ0n) is 8.71. The number of carboxylic acids is 1. The number of aryl methyl sites for hydroxylation is 1. The molecule has 0 saturated heterocycles. The van der Waals surface area contributed by atoms with Gasteiger partial charge in [-0.1, -0.05) is 12.1 Å². The highest BCUT2D eigenvalue weighted by molar-refractivity contribution is 5.93. The van der Waals surface area contributed by atoms with E-state index < -0.39 is 5.97 Å². The fourth-order valence-electron chi connectivity index (χ4n) is 1.44. The molecule has 0 amide bonds. The summed E-state index contributed by atoms with van der Waals surface area (Å²) in [4.78, 5) is 19.0. The van der Waals surface area contributed by atoms with Crippen LogP contribution in [0, 0.1) is 6.92 Å². The molecule has 0 spiro atoms. The lowest BCUT2D eigenvalue weighted by atomic mass is 10.1. The molecule has 0 aliphatic heterocycles. The summed E-state index contributed by atoms with van der Waals surface area (Å²) in [5, 5.41) is 9.00. The smallest absolute Gasteiger partial charge is 0.355 e. The minimum absolute atomic E-state index is 0.0492. The summed E-state index contributed by atoms with van der Waals surface area (Å²) >= 11 is 0. The summed E-state index contributed by atoms with van der Waals surface area (Å²) in [7, 11) is 0. The molecule has 0 aliphatic carbocycles. The maximum atomic E-state index is 11.0. The fourth-order valence-corrected chi connectivity index (χ4v) is 1.44. The van der Waals surface area contributed by atoms with Crippen molar-refractivity contribution in [3.8, 4) is 11.1 Å². The number of pyridine rings is 2. The molecular formula is C12H10N2O2. The van der Waals surface area contributed by atoms with Gasteiger partial charge in [0.15, 0.2) is 5.69 Å². The summed E-state index contributed by atoms with van der Waals surface area (Å²) in [5.41, 5.74) is 2.29. The molecular weight excluding hydrogens is 204 g/mol. The van der Waals surface area contributed by atoms with E-state index >= 15 is 0 Å². The molecule has 0 radical (unpaired) electrons. The third-order valence-electron chi connectivity index (χ3n) is 2.23. The number of hydrogen-bond donors (Lipinski definition) is 1. The first-order valence-electron chi connectivity index (χ1n) is 4.80. The van der Waals surface area contributed by atoms with Gasteiger partial charge in [-0.05, 0) is 19.1 Å². The Morgan fingerprint density at radius 1 is 1.25 bits per heavy atom. The number of hydrogen-bond acceptors (Lipinski definition) is 3. The fraction of sp³-hybridized carbons (Fsp3) is 0.0833. The van der Waals surface area contributed by atoms with E-state index in [1.165, 1.54) is 6.20 Å². The van der Waals surface area contributed by atoms with Crippen LogP contribution in [0.1, 0.15) is 16.2 Å². The van der Waals surface area contributed by atoms with Gasteiger partial charge in [-0.2, -0.15) is 0 Å². The van der Waals surface area contributed by atoms with Gasteiger partial charge in [0.05, 0.1) is 0 Å². The number of rotatable bonds is 2. The average molecular weight is 214 g/mol. The normalized spacial score (nSPS) is 10.1. The van der Waals surface area contributed by atoms with Gasteiger partial charge in [-0.15, -0.1) is 0 Å². The van der Waals surface area contributed by atoms with E-state index in [0.29, 0.717) is 5.56 Å².